The number of hydrogen-bond donors (Lipinski definition) is 2. The van der Waals surface area contributed by atoms with Crippen LogP contribution in [0.5, 0.6) is 5.88 Å². The van der Waals surface area contributed by atoms with Crippen LogP contribution in [-0.4, -0.2) is 47.7 Å². The Morgan fingerprint density at radius 1 is 1.43 bits per heavy atom. The number of rotatable bonds is 4. The first kappa shape index (κ1) is 15.6. The molecule has 1 aromatic heterocycles. The highest BCUT2D eigenvalue weighted by Gasteiger charge is 2.26. The molecule has 0 atom stereocenters. The van der Waals surface area contributed by atoms with Crippen LogP contribution in [0.1, 0.15) is 12.8 Å². The van der Waals surface area contributed by atoms with Gasteiger partial charge in [-0.05, 0) is 18.9 Å². The molecule has 1 N–H and O–H groups in total. The van der Waals surface area contributed by atoms with Gasteiger partial charge in [0.2, 0.25) is 17.7 Å². The summed E-state index contributed by atoms with van der Waals surface area (Å²) < 4.78 is 4.97. The number of likely N-dealkylation sites (tertiary alicyclic amines) is 1. The van der Waals surface area contributed by atoms with E-state index in [1.165, 1.54) is 0 Å². The molecular weight excluding hydrogens is 290 g/mol. The molecule has 0 spiro atoms. The van der Waals surface area contributed by atoms with Crippen molar-refractivity contribution in [3.05, 3.63) is 18.3 Å². The Morgan fingerprint density at radius 2 is 2.14 bits per heavy atom. The lowest BCUT2D eigenvalue weighted by atomic mass is 9.96. The molecule has 1 aliphatic heterocycles. The largest absolute Gasteiger partial charge is 0.481 e. The SMILES string of the molecule is COc1ccc(NC(=O)C2CCN(C(=O)CS)CC2)cn1. The van der Waals surface area contributed by atoms with E-state index in [9.17, 15) is 9.59 Å². The molecular formula is C14H19N3O3S. The number of hydrogen-bond acceptors (Lipinski definition) is 5. The van der Waals surface area contributed by atoms with E-state index in [-0.39, 0.29) is 23.5 Å². The molecule has 114 valence electrons. The fourth-order valence-electron chi connectivity index (χ4n) is 2.31. The molecule has 7 heteroatoms. The molecule has 1 aromatic rings. The number of anilines is 1. The van der Waals surface area contributed by atoms with Gasteiger partial charge in [0.25, 0.3) is 0 Å². The van der Waals surface area contributed by atoms with Crippen molar-refractivity contribution in [2.24, 2.45) is 5.92 Å². The quantitative estimate of drug-likeness (QED) is 0.820. The maximum absolute atomic E-state index is 12.2. The maximum atomic E-state index is 12.2. The molecule has 2 heterocycles. The molecule has 2 rings (SSSR count). The van der Waals surface area contributed by atoms with Crippen molar-refractivity contribution in [1.82, 2.24) is 9.88 Å². The number of pyridine rings is 1. The highest BCUT2D eigenvalue weighted by molar-refractivity contribution is 7.81. The third-order valence-electron chi connectivity index (χ3n) is 3.57. The summed E-state index contributed by atoms with van der Waals surface area (Å²) in [5.74, 6) is 0.646. The monoisotopic (exact) mass is 309 g/mol. The van der Waals surface area contributed by atoms with Crippen LogP contribution in [0, 0.1) is 5.92 Å². The van der Waals surface area contributed by atoms with E-state index in [0.29, 0.717) is 37.5 Å². The Morgan fingerprint density at radius 3 is 2.67 bits per heavy atom. The summed E-state index contributed by atoms with van der Waals surface area (Å²) in [7, 11) is 1.54. The number of methoxy groups -OCH3 is 1. The van der Waals surface area contributed by atoms with E-state index in [1.807, 2.05) is 0 Å². The Kier molecular flexibility index (Phi) is 5.44. The van der Waals surface area contributed by atoms with E-state index < -0.39 is 0 Å². The van der Waals surface area contributed by atoms with Gasteiger partial charge in [-0.15, -0.1) is 0 Å². The van der Waals surface area contributed by atoms with Crippen LogP contribution in [0.25, 0.3) is 0 Å². The smallest absolute Gasteiger partial charge is 0.232 e. The van der Waals surface area contributed by atoms with E-state index in [0.717, 1.165) is 0 Å². The fourth-order valence-corrected chi connectivity index (χ4v) is 2.51. The van der Waals surface area contributed by atoms with Gasteiger partial charge in [-0.1, -0.05) is 0 Å². The lowest BCUT2D eigenvalue weighted by Crippen LogP contribution is -2.42. The number of carbonyl (C=O) groups is 2. The molecule has 0 bridgehead atoms. The van der Waals surface area contributed by atoms with Gasteiger partial charge in [0, 0.05) is 25.1 Å². The molecule has 0 aliphatic carbocycles. The Labute approximate surface area is 129 Å². The number of thiol groups is 1. The second-order valence-electron chi connectivity index (χ2n) is 4.89. The first-order chi connectivity index (χ1) is 10.1. The summed E-state index contributed by atoms with van der Waals surface area (Å²) in [6.07, 6.45) is 2.92. The average Bonchev–Trinajstić information content (AvgIpc) is 2.55. The van der Waals surface area contributed by atoms with Crippen LogP contribution in [0.4, 0.5) is 5.69 Å². The molecule has 21 heavy (non-hydrogen) atoms. The van der Waals surface area contributed by atoms with Gasteiger partial charge in [-0.3, -0.25) is 9.59 Å². The molecule has 0 saturated carbocycles. The van der Waals surface area contributed by atoms with E-state index in [4.69, 9.17) is 4.74 Å². The van der Waals surface area contributed by atoms with Gasteiger partial charge in [-0.25, -0.2) is 4.98 Å². The highest BCUT2D eigenvalue weighted by Crippen LogP contribution is 2.20. The summed E-state index contributed by atoms with van der Waals surface area (Å²) in [5, 5.41) is 2.85. The lowest BCUT2D eigenvalue weighted by molar-refractivity contribution is -0.132. The number of aromatic nitrogens is 1. The van der Waals surface area contributed by atoms with Gasteiger partial charge in [0.05, 0.1) is 24.7 Å². The lowest BCUT2D eigenvalue weighted by Gasteiger charge is -2.31. The standard InChI is InChI=1S/C14H19N3O3S/c1-20-12-3-2-11(8-15-12)16-14(19)10-4-6-17(7-5-10)13(18)9-21/h2-3,8,10,21H,4-7,9H2,1H3,(H,16,19). The number of amides is 2. The van der Waals surface area contributed by atoms with Crippen LogP contribution in [0.2, 0.25) is 0 Å². The third-order valence-corrected chi connectivity index (χ3v) is 3.84. The van der Waals surface area contributed by atoms with E-state index >= 15 is 0 Å². The molecule has 6 nitrogen and oxygen atoms in total. The zero-order chi connectivity index (χ0) is 15.2. The van der Waals surface area contributed by atoms with Gasteiger partial charge < -0.3 is 15.0 Å². The molecule has 0 radical (unpaired) electrons. The van der Waals surface area contributed by atoms with Crippen molar-refractivity contribution >= 4 is 30.1 Å². The number of nitrogens with one attached hydrogen (secondary N) is 1. The van der Waals surface area contributed by atoms with Gasteiger partial charge >= 0.3 is 0 Å². The summed E-state index contributed by atoms with van der Waals surface area (Å²) in [5.41, 5.74) is 0.648. The second kappa shape index (κ2) is 7.31. The topological polar surface area (TPSA) is 71.5 Å². The summed E-state index contributed by atoms with van der Waals surface area (Å²) in [6.45, 7) is 1.22. The third kappa shape index (κ3) is 4.10. The first-order valence-corrected chi connectivity index (χ1v) is 7.47. The molecule has 2 amide bonds. The second-order valence-corrected chi connectivity index (χ2v) is 5.21. The van der Waals surface area contributed by atoms with E-state index in [2.05, 4.69) is 22.9 Å². The highest BCUT2D eigenvalue weighted by atomic mass is 32.1. The zero-order valence-corrected chi connectivity index (χ0v) is 12.8. The maximum Gasteiger partial charge on any atom is 0.232 e. The van der Waals surface area contributed by atoms with Gasteiger partial charge in [0.15, 0.2) is 0 Å². The Balaban J connectivity index is 1.85. The van der Waals surface area contributed by atoms with Crippen molar-refractivity contribution in [3.8, 4) is 5.88 Å². The molecule has 0 unspecified atom stereocenters. The predicted octanol–water partition coefficient (Wildman–Crippen LogP) is 1.20. The minimum atomic E-state index is -0.0731. The van der Waals surface area contributed by atoms with Crippen LogP contribution in [0.15, 0.2) is 18.3 Å². The van der Waals surface area contributed by atoms with Crippen LogP contribution >= 0.6 is 12.6 Å². The summed E-state index contributed by atoms with van der Waals surface area (Å²) in [4.78, 5) is 29.5. The number of carbonyl (C=O) groups excluding carboxylic acids is 2. The number of ether oxygens (including phenoxy) is 1. The zero-order valence-electron chi connectivity index (χ0n) is 11.9. The van der Waals surface area contributed by atoms with Crippen molar-refractivity contribution in [2.45, 2.75) is 12.8 Å². The first-order valence-electron chi connectivity index (χ1n) is 6.83. The normalized spacial score (nSPS) is 15.6. The molecule has 1 fully saturated rings. The van der Waals surface area contributed by atoms with Crippen molar-refractivity contribution in [3.63, 3.8) is 0 Å². The Hall–Kier alpha value is -1.76. The fraction of sp³-hybridized carbons (Fsp3) is 0.500. The van der Waals surface area contributed by atoms with Crippen molar-refractivity contribution < 1.29 is 14.3 Å². The predicted molar refractivity (Wildman–Crippen MR) is 82.6 cm³/mol. The van der Waals surface area contributed by atoms with Crippen LogP contribution in [-0.2, 0) is 9.59 Å². The minimum absolute atomic E-state index is 0.0246. The number of nitrogens with zero attached hydrogens (tertiary/aromatic N) is 2. The van der Waals surface area contributed by atoms with Crippen molar-refractivity contribution in [1.29, 1.82) is 0 Å². The van der Waals surface area contributed by atoms with Gasteiger partial charge in [-0.2, -0.15) is 12.6 Å². The number of piperidine rings is 1. The van der Waals surface area contributed by atoms with Crippen LogP contribution < -0.4 is 10.1 Å². The minimum Gasteiger partial charge on any atom is -0.481 e. The average molecular weight is 309 g/mol. The summed E-state index contributed by atoms with van der Waals surface area (Å²) >= 11 is 3.98. The van der Waals surface area contributed by atoms with Crippen LogP contribution in [0.3, 0.4) is 0 Å². The van der Waals surface area contributed by atoms with E-state index in [1.54, 1.807) is 30.3 Å². The van der Waals surface area contributed by atoms with Gasteiger partial charge in [0.1, 0.15) is 0 Å². The summed E-state index contributed by atoms with van der Waals surface area (Å²) in [6, 6.07) is 3.45. The molecule has 0 aromatic carbocycles. The molecule has 1 saturated heterocycles. The van der Waals surface area contributed by atoms with Crippen molar-refractivity contribution in [2.75, 3.05) is 31.3 Å². The Bertz CT molecular complexity index is 499. The molecule has 1 aliphatic rings.